The van der Waals surface area contributed by atoms with Crippen molar-refractivity contribution in [2.45, 2.75) is 71.3 Å². The van der Waals surface area contributed by atoms with E-state index < -0.39 is 0 Å². The van der Waals surface area contributed by atoms with E-state index in [0.717, 1.165) is 58.2 Å². The average Bonchev–Trinajstić information content (AvgIpc) is 2.58. The van der Waals surface area contributed by atoms with Gasteiger partial charge in [-0.2, -0.15) is 0 Å². The van der Waals surface area contributed by atoms with Gasteiger partial charge in [0.1, 0.15) is 0 Å². The molecule has 0 aromatic heterocycles. The minimum atomic E-state index is -0.168. The summed E-state index contributed by atoms with van der Waals surface area (Å²) >= 11 is 0. The van der Waals surface area contributed by atoms with E-state index in [1.54, 1.807) is 0 Å². The Hall–Kier alpha value is -1.26. The lowest BCUT2D eigenvalue weighted by atomic mass is 9.80. The first kappa shape index (κ1) is 18.5. The van der Waals surface area contributed by atoms with Gasteiger partial charge in [0.25, 0.3) is 0 Å². The van der Waals surface area contributed by atoms with E-state index in [1.165, 1.54) is 12.8 Å². The molecule has 0 radical (unpaired) electrons. The zero-order chi connectivity index (χ0) is 17.8. The van der Waals surface area contributed by atoms with Crippen LogP contribution in [0.5, 0.6) is 0 Å². The van der Waals surface area contributed by atoms with E-state index >= 15 is 0 Å². The highest BCUT2D eigenvalue weighted by molar-refractivity contribution is 5.80. The quantitative estimate of drug-likeness (QED) is 0.777. The minimum Gasteiger partial charge on any atom is -0.449 e. The molecule has 2 heterocycles. The standard InChI is InChI=1S/C20H34N2O3/c1-15(2)14-25-20(24)21-12-9-16(10-13-21)18-8-3-4-11-22(18)19(23)17-6-5-7-17/h15-18H,3-14H2,1-2H3. The van der Waals surface area contributed by atoms with Gasteiger partial charge < -0.3 is 14.5 Å². The first-order valence-electron chi connectivity index (χ1n) is 10.3. The molecule has 1 saturated carbocycles. The zero-order valence-corrected chi connectivity index (χ0v) is 15.9. The Morgan fingerprint density at radius 2 is 1.68 bits per heavy atom. The number of nitrogens with zero attached hydrogens (tertiary/aromatic N) is 2. The van der Waals surface area contributed by atoms with Gasteiger partial charge in [-0.3, -0.25) is 4.79 Å². The zero-order valence-electron chi connectivity index (χ0n) is 15.9. The van der Waals surface area contributed by atoms with Crippen molar-refractivity contribution in [2.75, 3.05) is 26.2 Å². The third-order valence-electron chi connectivity index (χ3n) is 6.17. The summed E-state index contributed by atoms with van der Waals surface area (Å²) in [4.78, 5) is 29.0. The van der Waals surface area contributed by atoms with Gasteiger partial charge >= 0.3 is 6.09 Å². The third-order valence-corrected chi connectivity index (χ3v) is 6.17. The van der Waals surface area contributed by atoms with Crippen LogP contribution in [0.3, 0.4) is 0 Å². The number of piperidine rings is 2. The van der Waals surface area contributed by atoms with Crippen molar-refractivity contribution in [1.29, 1.82) is 0 Å². The maximum absolute atomic E-state index is 12.8. The molecule has 1 unspecified atom stereocenters. The van der Waals surface area contributed by atoms with Gasteiger partial charge in [-0.1, -0.05) is 20.3 Å². The number of likely N-dealkylation sites (tertiary alicyclic amines) is 2. The number of rotatable bonds is 4. The Labute approximate surface area is 152 Å². The number of hydrogen-bond donors (Lipinski definition) is 0. The van der Waals surface area contributed by atoms with E-state index in [1.807, 2.05) is 4.90 Å². The van der Waals surface area contributed by atoms with Gasteiger partial charge in [0.2, 0.25) is 5.91 Å². The number of carbonyl (C=O) groups excluding carboxylic acids is 2. The van der Waals surface area contributed by atoms with Gasteiger partial charge in [0.05, 0.1) is 6.61 Å². The second-order valence-electron chi connectivity index (χ2n) is 8.52. The Bertz CT molecular complexity index is 468. The van der Waals surface area contributed by atoms with E-state index in [4.69, 9.17) is 4.74 Å². The maximum atomic E-state index is 12.8. The molecule has 2 aliphatic heterocycles. The van der Waals surface area contributed by atoms with Crippen LogP contribution in [-0.4, -0.2) is 54.1 Å². The molecule has 3 aliphatic rings. The van der Waals surface area contributed by atoms with E-state index in [2.05, 4.69) is 18.7 Å². The number of amides is 2. The highest BCUT2D eigenvalue weighted by Gasteiger charge is 2.39. The van der Waals surface area contributed by atoms with Gasteiger partial charge in [0.15, 0.2) is 0 Å². The van der Waals surface area contributed by atoms with Gasteiger partial charge in [-0.25, -0.2) is 4.79 Å². The molecule has 0 aromatic carbocycles. The fraction of sp³-hybridized carbons (Fsp3) is 0.900. The molecule has 1 aliphatic carbocycles. The first-order valence-corrected chi connectivity index (χ1v) is 10.3. The fourth-order valence-corrected chi connectivity index (χ4v) is 4.41. The van der Waals surface area contributed by atoms with Crippen molar-refractivity contribution in [3.05, 3.63) is 0 Å². The topological polar surface area (TPSA) is 49.9 Å². The molecule has 142 valence electrons. The SMILES string of the molecule is CC(C)COC(=O)N1CCC(C2CCCCN2C(=O)C2CCC2)CC1. The Balaban J connectivity index is 1.51. The van der Waals surface area contributed by atoms with Gasteiger partial charge in [-0.15, -0.1) is 0 Å². The van der Waals surface area contributed by atoms with Gasteiger partial charge in [-0.05, 0) is 56.8 Å². The van der Waals surface area contributed by atoms with Crippen LogP contribution in [0, 0.1) is 17.8 Å². The molecule has 0 aromatic rings. The second-order valence-corrected chi connectivity index (χ2v) is 8.52. The highest BCUT2D eigenvalue weighted by atomic mass is 16.6. The number of hydrogen-bond acceptors (Lipinski definition) is 3. The lowest BCUT2D eigenvalue weighted by molar-refractivity contribution is -0.144. The maximum Gasteiger partial charge on any atom is 0.409 e. The Morgan fingerprint density at radius 1 is 0.960 bits per heavy atom. The summed E-state index contributed by atoms with van der Waals surface area (Å²) in [6.45, 7) is 7.07. The van der Waals surface area contributed by atoms with Crippen LogP contribution < -0.4 is 0 Å². The molecule has 3 rings (SSSR count). The molecule has 3 fully saturated rings. The van der Waals surface area contributed by atoms with Crippen molar-refractivity contribution in [3.8, 4) is 0 Å². The van der Waals surface area contributed by atoms with Crippen molar-refractivity contribution in [3.63, 3.8) is 0 Å². The predicted octanol–water partition coefficient (Wildman–Crippen LogP) is 3.67. The largest absolute Gasteiger partial charge is 0.449 e. The summed E-state index contributed by atoms with van der Waals surface area (Å²) in [6, 6.07) is 0.399. The Kier molecular flexibility index (Phi) is 6.24. The number of ether oxygens (including phenoxy) is 1. The van der Waals surface area contributed by atoms with E-state index in [-0.39, 0.29) is 6.09 Å². The Morgan fingerprint density at radius 3 is 2.28 bits per heavy atom. The molecular formula is C20H34N2O3. The summed E-state index contributed by atoms with van der Waals surface area (Å²) in [6.07, 6.45) is 8.73. The molecule has 2 saturated heterocycles. The molecule has 2 amide bonds. The molecule has 0 bridgehead atoms. The first-order chi connectivity index (χ1) is 12.1. The highest BCUT2D eigenvalue weighted by Crippen LogP contribution is 2.35. The summed E-state index contributed by atoms with van der Waals surface area (Å²) in [5.74, 6) is 1.62. The lowest BCUT2D eigenvalue weighted by Crippen LogP contribution is -2.53. The van der Waals surface area contributed by atoms with Crippen LogP contribution in [0.2, 0.25) is 0 Å². The summed E-state index contributed by atoms with van der Waals surface area (Å²) in [5, 5.41) is 0. The average molecular weight is 351 g/mol. The van der Waals surface area contributed by atoms with E-state index in [0.29, 0.717) is 36.3 Å². The van der Waals surface area contributed by atoms with Crippen molar-refractivity contribution in [1.82, 2.24) is 9.80 Å². The predicted molar refractivity (Wildman–Crippen MR) is 97.2 cm³/mol. The molecule has 5 nitrogen and oxygen atoms in total. The number of carbonyl (C=O) groups is 2. The van der Waals surface area contributed by atoms with Crippen molar-refractivity contribution < 1.29 is 14.3 Å². The summed E-state index contributed by atoms with van der Waals surface area (Å²) in [5.41, 5.74) is 0. The molecule has 25 heavy (non-hydrogen) atoms. The molecule has 0 N–H and O–H groups in total. The van der Waals surface area contributed by atoms with Crippen LogP contribution in [0.25, 0.3) is 0 Å². The van der Waals surface area contributed by atoms with Crippen molar-refractivity contribution in [2.24, 2.45) is 17.8 Å². The third kappa shape index (κ3) is 4.48. The lowest BCUT2D eigenvalue weighted by Gasteiger charge is -2.45. The molecule has 0 spiro atoms. The second kappa shape index (κ2) is 8.41. The molecule has 5 heteroatoms. The van der Waals surface area contributed by atoms with Crippen molar-refractivity contribution >= 4 is 12.0 Å². The summed E-state index contributed by atoms with van der Waals surface area (Å²) < 4.78 is 5.36. The van der Waals surface area contributed by atoms with E-state index in [9.17, 15) is 9.59 Å². The van der Waals surface area contributed by atoms with Crippen LogP contribution in [-0.2, 0) is 9.53 Å². The smallest absolute Gasteiger partial charge is 0.409 e. The monoisotopic (exact) mass is 350 g/mol. The fourth-order valence-electron chi connectivity index (χ4n) is 4.41. The van der Waals surface area contributed by atoms with Crippen LogP contribution in [0.15, 0.2) is 0 Å². The molecular weight excluding hydrogens is 316 g/mol. The molecule has 1 atom stereocenters. The summed E-state index contributed by atoms with van der Waals surface area (Å²) in [7, 11) is 0. The van der Waals surface area contributed by atoms with Crippen LogP contribution in [0.1, 0.15) is 65.2 Å². The normalized spacial score (nSPS) is 25.8. The van der Waals surface area contributed by atoms with Crippen LogP contribution in [0.4, 0.5) is 4.79 Å². The minimum absolute atomic E-state index is 0.168. The van der Waals surface area contributed by atoms with Gasteiger partial charge in [0, 0.05) is 31.6 Å². The van der Waals surface area contributed by atoms with Crippen LogP contribution >= 0.6 is 0 Å².